The summed E-state index contributed by atoms with van der Waals surface area (Å²) in [5, 5.41) is 3.40. The van der Waals surface area contributed by atoms with Crippen LogP contribution in [0.3, 0.4) is 0 Å². The first kappa shape index (κ1) is 17.0. The van der Waals surface area contributed by atoms with Gasteiger partial charge in [-0.3, -0.25) is 4.79 Å². The first-order valence-corrected chi connectivity index (χ1v) is 9.30. The van der Waals surface area contributed by atoms with E-state index in [1.807, 2.05) is 17.0 Å². The summed E-state index contributed by atoms with van der Waals surface area (Å²) in [6.07, 6.45) is 7.16. The molecule has 0 spiro atoms. The molecule has 0 aliphatic carbocycles. The van der Waals surface area contributed by atoms with Crippen LogP contribution in [0, 0.1) is 0 Å². The second-order valence-corrected chi connectivity index (χ2v) is 6.73. The Hall–Kier alpha value is -2.41. The van der Waals surface area contributed by atoms with Gasteiger partial charge in [0, 0.05) is 44.6 Å². The first-order valence-electron chi connectivity index (χ1n) is 9.30. The SMILES string of the molecule is O=C([C@@H]1CCCO1)N1CCc2ncnc(NCCc3ccco3)c2CC1. The van der Waals surface area contributed by atoms with Gasteiger partial charge in [-0.2, -0.15) is 0 Å². The summed E-state index contributed by atoms with van der Waals surface area (Å²) in [6.45, 7) is 2.82. The van der Waals surface area contributed by atoms with Gasteiger partial charge in [-0.1, -0.05) is 0 Å². The molecule has 138 valence electrons. The largest absolute Gasteiger partial charge is 0.469 e. The van der Waals surface area contributed by atoms with Crippen LogP contribution in [0.15, 0.2) is 29.1 Å². The predicted molar refractivity (Wildman–Crippen MR) is 95.9 cm³/mol. The van der Waals surface area contributed by atoms with Gasteiger partial charge in [-0.25, -0.2) is 9.97 Å². The van der Waals surface area contributed by atoms with Crippen molar-refractivity contribution in [3.05, 3.63) is 41.7 Å². The second kappa shape index (κ2) is 7.86. The van der Waals surface area contributed by atoms with Crippen molar-refractivity contribution in [2.75, 3.05) is 31.6 Å². The molecule has 4 rings (SSSR count). The molecule has 2 aliphatic heterocycles. The number of anilines is 1. The maximum absolute atomic E-state index is 12.6. The molecule has 0 unspecified atom stereocenters. The fraction of sp³-hybridized carbons (Fsp3) is 0.526. The van der Waals surface area contributed by atoms with E-state index in [1.165, 1.54) is 0 Å². The van der Waals surface area contributed by atoms with Crippen LogP contribution in [-0.4, -0.2) is 53.1 Å². The molecule has 4 heterocycles. The zero-order valence-electron chi connectivity index (χ0n) is 14.8. The average molecular weight is 356 g/mol. The number of ether oxygens (including phenoxy) is 1. The fourth-order valence-corrected chi connectivity index (χ4v) is 3.63. The van der Waals surface area contributed by atoms with Crippen molar-refractivity contribution in [1.82, 2.24) is 14.9 Å². The van der Waals surface area contributed by atoms with Crippen LogP contribution in [0.1, 0.15) is 29.9 Å². The highest BCUT2D eigenvalue weighted by Gasteiger charge is 2.30. The maximum atomic E-state index is 12.6. The Kier molecular flexibility index (Phi) is 5.15. The lowest BCUT2D eigenvalue weighted by Crippen LogP contribution is -2.40. The van der Waals surface area contributed by atoms with Gasteiger partial charge < -0.3 is 19.4 Å². The Bertz CT molecular complexity index is 741. The third kappa shape index (κ3) is 3.72. The van der Waals surface area contributed by atoms with Crippen LogP contribution in [0.5, 0.6) is 0 Å². The molecular formula is C19H24N4O3. The van der Waals surface area contributed by atoms with E-state index in [0.29, 0.717) is 19.7 Å². The topological polar surface area (TPSA) is 80.5 Å². The quantitative estimate of drug-likeness (QED) is 0.880. The predicted octanol–water partition coefficient (Wildman–Crippen LogP) is 1.83. The Labute approximate surface area is 152 Å². The summed E-state index contributed by atoms with van der Waals surface area (Å²) in [5.41, 5.74) is 2.15. The van der Waals surface area contributed by atoms with Crippen LogP contribution in [0.4, 0.5) is 5.82 Å². The number of carbonyl (C=O) groups is 1. The third-order valence-electron chi connectivity index (χ3n) is 5.05. The molecule has 26 heavy (non-hydrogen) atoms. The molecule has 7 heteroatoms. The van der Waals surface area contributed by atoms with Gasteiger partial charge in [0.1, 0.15) is 24.0 Å². The molecule has 7 nitrogen and oxygen atoms in total. The summed E-state index contributed by atoms with van der Waals surface area (Å²) < 4.78 is 10.9. The van der Waals surface area contributed by atoms with Gasteiger partial charge in [0.2, 0.25) is 0 Å². The highest BCUT2D eigenvalue weighted by atomic mass is 16.5. The van der Waals surface area contributed by atoms with Gasteiger partial charge in [-0.05, 0) is 31.4 Å². The van der Waals surface area contributed by atoms with E-state index in [0.717, 1.165) is 61.5 Å². The molecule has 1 saturated heterocycles. The average Bonchev–Trinajstić information content (AvgIpc) is 3.33. The van der Waals surface area contributed by atoms with Gasteiger partial charge in [-0.15, -0.1) is 0 Å². The van der Waals surface area contributed by atoms with E-state index >= 15 is 0 Å². The van der Waals surface area contributed by atoms with Crippen molar-refractivity contribution in [1.29, 1.82) is 0 Å². The van der Waals surface area contributed by atoms with Gasteiger partial charge in [0.05, 0.1) is 12.0 Å². The fourth-order valence-electron chi connectivity index (χ4n) is 3.63. The number of rotatable bonds is 5. The van der Waals surface area contributed by atoms with Crippen molar-refractivity contribution in [2.24, 2.45) is 0 Å². The van der Waals surface area contributed by atoms with E-state index in [4.69, 9.17) is 9.15 Å². The molecule has 1 fully saturated rings. The highest BCUT2D eigenvalue weighted by molar-refractivity contribution is 5.81. The van der Waals surface area contributed by atoms with E-state index in [9.17, 15) is 4.79 Å². The summed E-state index contributed by atoms with van der Waals surface area (Å²) in [4.78, 5) is 23.4. The van der Waals surface area contributed by atoms with Crippen LogP contribution < -0.4 is 5.32 Å². The van der Waals surface area contributed by atoms with E-state index in [-0.39, 0.29) is 12.0 Å². The smallest absolute Gasteiger partial charge is 0.251 e. The zero-order valence-corrected chi connectivity index (χ0v) is 14.8. The normalized spacial score (nSPS) is 19.8. The number of nitrogens with zero attached hydrogens (tertiary/aromatic N) is 3. The van der Waals surface area contributed by atoms with Crippen molar-refractivity contribution in [3.8, 4) is 0 Å². The third-order valence-corrected chi connectivity index (χ3v) is 5.05. The van der Waals surface area contributed by atoms with Gasteiger partial charge in [0.25, 0.3) is 5.91 Å². The minimum absolute atomic E-state index is 0.121. The van der Waals surface area contributed by atoms with Crippen LogP contribution in [0.25, 0.3) is 0 Å². The van der Waals surface area contributed by atoms with Crippen molar-refractivity contribution in [3.63, 3.8) is 0 Å². The molecule has 1 N–H and O–H groups in total. The number of furan rings is 1. The summed E-state index contributed by atoms with van der Waals surface area (Å²) in [7, 11) is 0. The Morgan fingerprint density at radius 3 is 3.04 bits per heavy atom. The lowest BCUT2D eigenvalue weighted by molar-refractivity contribution is -0.140. The van der Waals surface area contributed by atoms with Crippen LogP contribution in [0.2, 0.25) is 0 Å². The Balaban J connectivity index is 1.40. The van der Waals surface area contributed by atoms with Gasteiger partial charge >= 0.3 is 0 Å². The molecule has 0 radical (unpaired) electrons. The number of nitrogens with one attached hydrogen (secondary N) is 1. The Morgan fingerprint density at radius 1 is 1.31 bits per heavy atom. The molecule has 0 aromatic carbocycles. The second-order valence-electron chi connectivity index (χ2n) is 6.73. The number of aromatic nitrogens is 2. The number of hydrogen-bond acceptors (Lipinski definition) is 6. The minimum Gasteiger partial charge on any atom is -0.469 e. The van der Waals surface area contributed by atoms with E-state index in [1.54, 1.807) is 12.6 Å². The Morgan fingerprint density at radius 2 is 2.23 bits per heavy atom. The van der Waals surface area contributed by atoms with E-state index in [2.05, 4.69) is 15.3 Å². The number of amides is 1. The molecule has 2 aliphatic rings. The minimum atomic E-state index is -0.256. The lowest BCUT2D eigenvalue weighted by atomic mass is 10.1. The summed E-state index contributed by atoms with van der Waals surface area (Å²) in [5.74, 6) is 1.94. The first-order chi connectivity index (χ1) is 12.8. The number of fused-ring (bicyclic) bond motifs is 1. The summed E-state index contributed by atoms with van der Waals surface area (Å²) in [6, 6.07) is 3.86. The van der Waals surface area contributed by atoms with Gasteiger partial charge in [0.15, 0.2) is 0 Å². The van der Waals surface area contributed by atoms with Crippen molar-refractivity contribution >= 4 is 11.7 Å². The monoisotopic (exact) mass is 356 g/mol. The van der Waals surface area contributed by atoms with Crippen LogP contribution in [-0.2, 0) is 28.8 Å². The van der Waals surface area contributed by atoms with Crippen molar-refractivity contribution < 1.29 is 13.9 Å². The number of hydrogen-bond donors (Lipinski definition) is 1. The molecule has 0 saturated carbocycles. The molecule has 2 aromatic rings. The highest BCUT2D eigenvalue weighted by Crippen LogP contribution is 2.22. The maximum Gasteiger partial charge on any atom is 0.251 e. The van der Waals surface area contributed by atoms with E-state index < -0.39 is 0 Å². The lowest BCUT2D eigenvalue weighted by Gasteiger charge is -2.23. The molecule has 1 atom stereocenters. The standard InChI is InChI=1S/C19H24N4O3/c24-19(17-4-2-12-26-17)23-9-6-15-16(7-10-23)21-13-22-18(15)20-8-5-14-3-1-11-25-14/h1,3,11,13,17H,2,4-10,12H2,(H,20,21,22)/t17-/m0/s1. The molecule has 2 aromatic heterocycles. The van der Waals surface area contributed by atoms with Crippen molar-refractivity contribution in [2.45, 2.75) is 38.2 Å². The zero-order chi connectivity index (χ0) is 17.8. The summed E-state index contributed by atoms with van der Waals surface area (Å²) >= 11 is 0. The number of carbonyl (C=O) groups excluding carboxylic acids is 1. The molecular weight excluding hydrogens is 332 g/mol. The molecule has 1 amide bonds. The van der Waals surface area contributed by atoms with Crippen LogP contribution >= 0.6 is 0 Å². The molecule has 0 bridgehead atoms.